The van der Waals surface area contributed by atoms with Gasteiger partial charge in [0.25, 0.3) is 0 Å². The van der Waals surface area contributed by atoms with E-state index in [0.29, 0.717) is 13.1 Å². The number of likely N-dealkylation sites (N-methyl/N-ethyl adjacent to an activating group) is 1. The van der Waals surface area contributed by atoms with E-state index >= 15 is 0 Å². The Balaban J connectivity index is 4.25. The van der Waals surface area contributed by atoms with Gasteiger partial charge in [0.2, 0.25) is 5.91 Å². The van der Waals surface area contributed by atoms with E-state index in [1.807, 2.05) is 6.92 Å². The number of nitrogens with two attached hydrogens (primary N) is 1. The van der Waals surface area contributed by atoms with Gasteiger partial charge in [-0.25, -0.2) is 0 Å². The highest BCUT2D eigenvalue weighted by Gasteiger charge is 2.25. The summed E-state index contributed by atoms with van der Waals surface area (Å²) in [5.41, 5.74) is 5.61. The first-order valence-electron chi connectivity index (χ1n) is 6.61. The Kier molecular flexibility index (Phi) is 7.39. The molecule has 0 aromatic rings. The second-order valence-electron chi connectivity index (χ2n) is 5.29. The molecule has 0 aromatic carbocycles. The topological polar surface area (TPSA) is 58.4 Å². The molecule has 1 amide bonds. The second kappa shape index (κ2) is 7.67. The molecular formula is C13H29N3O. The van der Waals surface area contributed by atoms with Gasteiger partial charge in [-0.1, -0.05) is 20.3 Å². The molecule has 0 fully saturated rings. The number of hydrogen-bond donors (Lipinski definition) is 2. The Morgan fingerprint density at radius 2 is 2.00 bits per heavy atom. The van der Waals surface area contributed by atoms with E-state index in [4.69, 9.17) is 5.73 Å². The first-order valence-corrected chi connectivity index (χ1v) is 6.61. The lowest BCUT2D eigenvalue weighted by Gasteiger charge is -2.36. The van der Waals surface area contributed by atoms with E-state index in [1.165, 1.54) is 0 Å². The van der Waals surface area contributed by atoms with Crippen molar-refractivity contribution >= 4 is 5.91 Å². The molecule has 4 heteroatoms. The molecule has 0 aliphatic rings. The zero-order valence-electron chi connectivity index (χ0n) is 12.0. The van der Waals surface area contributed by atoms with E-state index in [9.17, 15) is 4.79 Å². The summed E-state index contributed by atoms with van der Waals surface area (Å²) in [4.78, 5) is 14.0. The van der Waals surface area contributed by atoms with Crippen LogP contribution < -0.4 is 11.1 Å². The van der Waals surface area contributed by atoms with E-state index in [1.54, 1.807) is 0 Å². The van der Waals surface area contributed by atoms with Crippen molar-refractivity contribution in [2.24, 2.45) is 5.73 Å². The summed E-state index contributed by atoms with van der Waals surface area (Å²) in [6.45, 7) is 12.2. The number of nitrogens with zero attached hydrogens (tertiary/aromatic N) is 1. The quantitative estimate of drug-likeness (QED) is 0.676. The van der Waals surface area contributed by atoms with Gasteiger partial charge in [-0.05, 0) is 33.7 Å². The highest BCUT2D eigenvalue weighted by atomic mass is 16.2. The summed E-state index contributed by atoms with van der Waals surface area (Å²) in [5, 5.41) is 3.02. The Labute approximate surface area is 106 Å². The lowest BCUT2D eigenvalue weighted by atomic mass is 10.0. The van der Waals surface area contributed by atoms with Gasteiger partial charge in [0.15, 0.2) is 0 Å². The summed E-state index contributed by atoms with van der Waals surface area (Å²) in [6.07, 6.45) is 2.12. The van der Waals surface area contributed by atoms with Gasteiger partial charge in [-0.2, -0.15) is 0 Å². The predicted molar refractivity (Wildman–Crippen MR) is 72.9 cm³/mol. The fraction of sp³-hybridized carbons (Fsp3) is 0.923. The summed E-state index contributed by atoms with van der Waals surface area (Å²) in [6, 6.07) is 0.257. The highest BCUT2D eigenvalue weighted by molar-refractivity contribution is 5.78. The first kappa shape index (κ1) is 16.4. The normalized spacial score (nSPS) is 13.8. The number of hydrogen-bond acceptors (Lipinski definition) is 3. The van der Waals surface area contributed by atoms with Crippen LogP contribution in [0.15, 0.2) is 0 Å². The predicted octanol–water partition coefficient (Wildman–Crippen LogP) is 1.35. The maximum absolute atomic E-state index is 11.9. The number of carbonyl (C=O) groups is 1. The fourth-order valence-electron chi connectivity index (χ4n) is 1.88. The molecule has 0 aliphatic heterocycles. The third-order valence-electron chi connectivity index (χ3n) is 3.20. The molecule has 102 valence electrons. The summed E-state index contributed by atoms with van der Waals surface area (Å²) >= 11 is 0. The van der Waals surface area contributed by atoms with Crippen molar-refractivity contribution < 1.29 is 4.79 Å². The average molecular weight is 243 g/mol. The Hall–Kier alpha value is -0.610. The van der Waals surface area contributed by atoms with Crippen LogP contribution in [0.4, 0.5) is 0 Å². The highest BCUT2D eigenvalue weighted by Crippen LogP contribution is 2.11. The smallest absolute Gasteiger partial charge is 0.234 e. The van der Waals surface area contributed by atoms with Crippen molar-refractivity contribution in [2.75, 3.05) is 19.6 Å². The average Bonchev–Trinajstić information content (AvgIpc) is 2.25. The Bertz CT molecular complexity index is 229. The first-order chi connectivity index (χ1) is 7.87. The van der Waals surface area contributed by atoms with Crippen molar-refractivity contribution in [3.05, 3.63) is 0 Å². The molecule has 4 nitrogen and oxygen atoms in total. The van der Waals surface area contributed by atoms with Gasteiger partial charge in [0, 0.05) is 18.1 Å². The van der Waals surface area contributed by atoms with Crippen LogP contribution in [-0.4, -0.2) is 42.0 Å². The third kappa shape index (κ3) is 6.03. The lowest BCUT2D eigenvalue weighted by Crippen LogP contribution is -2.53. The van der Waals surface area contributed by atoms with E-state index < -0.39 is 0 Å². The molecule has 0 bridgehead atoms. The minimum absolute atomic E-state index is 0.0920. The summed E-state index contributed by atoms with van der Waals surface area (Å²) < 4.78 is 0. The monoisotopic (exact) mass is 243 g/mol. The van der Waals surface area contributed by atoms with Crippen LogP contribution in [0.5, 0.6) is 0 Å². The largest absolute Gasteiger partial charge is 0.353 e. The van der Waals surface area contributed by atoms with Crippen LogP contribution in [0.25, 0.3) is 0 Å². The molecule has 1 unspecified atom stereocenters. The minimum atomic E-state index is -0.125. The fourth-order valence-corrected chi connectivity index (χ4v) is 1.88. The van der Waals surface area contributed by atoms with Crippen LogP contribution in [-0.2, 0) is 4.79 Å². The maximum Gasteiger partial charge on any atom is 0.234 e. The Morgan fingerprint density at radius 3 is 2.41 bits per heavy atom. The molecule has 17 heavy (non-hydrogen) atoms. The van der Waals surface area contributed by atoms with Gasteiger partial charge in [0.1, 0.15) is 0 Å². The molecule has 0 rings (SSSR count). The maximum atomic E-state index is 11.9. The van der Waals surface area contributed by atoms with Crippen molar-refractivity contribution in [2.45, 2.75) is 59.0 Å². The molecule has 0 saturated carbocycles. The van der Waals surface area contributed by atoms with Crippen LogP contribution in [0.1, 0.15) is 47.5 Å². The van der Waals surface area contributed by atoms with Gasteiger partial charge < -0.3 is 11.1 Å². The SMILES string of the molecule is CCCC(C)NC(=O)CN(CC)C(C)(C)CN. The van der Waals surface area contributed by atoms with Gasteiger partial charge >= 0.3 is 0 Å². The number of nitrogens with one attached hydrogen (secondary N) is 1. The zero-order valence-corrected chi connectivity index (χ0v) is 12.0. The Morgan fingerprint density at radius 1 is 1.41 bits per heavy atom. The molecule has 0 radical (unpaired) electrons. The van der Waals surface area contributed by atoms with Gasteiger partial charge in [-0.15, -0.1) is 0 Å². The van der Waals surface area contributed by atoms with Crippen molar-refractivity contribution in [1.82, 2.24) is 10.2 Å². The molecule has 0 aliphatic carbocycles. The molecule has 0 heterocycles. The number of rotatable bonds is 8. The molecule has 0 saturated heterocycles. The summed E-state index contributed by atoms with van der Waals surface area (Å²) in [5.74, 6) is 0.0920. The number of carbonyl (C=O) groups excluding carboxylic acids is 1. The summed E-state index contributed by atoms with van der Waals surface area (Å²) in [7, 11) is 0. The lowest BCUT2D eigenvalue weighted by molar-refractivity contribution is -0.124. The molecular weight excluding hydrogens is 214 g/mol. The van der Waals surface area contributed by atoms with Gasteiger partial charge in [0.05, 0.1) is 6.54 Å². The second-order valence-corrected chi connectivity index (χ2v) is 5.29. The zero-order chi connectivity index (χ0) is 13.5. The van der Waals surface area contributed by atoms with Gasteiger partial charge in [-0.3, -0.25) is 9.69 Å². The molecule has 0 spiro atoms. The number of amides is 1. The van der Waals surface area contributed by atoms with Crippen molar-refractivity contribution in [1.29, 1.82) is 0 Å². The van der Waals surface area contributed by atoms with Crippen LogP contribution in [0, 0.1) is 0 Å². The van der Waals surface area contributed by atoms with E-state index in [-0.39, 0.29) is 17.5 Å². The third-order valence-corrected chi connectivity index (χ3v) is 3.20. The minimum Gasteiger partial charge on any atom is -0.353 e. The van der Waals surface area contributed by atoms with Crippen LogP contribution in [0.3, 0.4) is 0 Å². The van der Waals surface area contributed by atoms with Crippen molar-refractivity contribution in [3.8, 4) is 0 Å². The molecule has 1 atom stereocenters. The van der Waals surface area contributed by atoms with Crippen LogP contribution >= 0.6 is 0 Å². The van der Waals surface area contributed by atoms with Crippen LogP contribution in [0.2, 0.25) is 0 Å². The van der Waals surface area contributed by atoms with Crippen molar-refractivity contribution in [3.63, 3.8) is 0 Å². The molecule has 3 N–H and O–H groups in total. The standard InChI is InChI=1S/C13H29N3O/c1-6-8-11(3)15-12(17)9-16(7-2)13(4,5)10-14/h11H,6-10,14H2,1-5H3,(H,15,17). The molecule has 0 aromatic heterocycles. The van der Waals surface area contributed by atoms with E-state index in [2.05, 4.69) is 37.9 Å². The van der Waals surface area contributed by atoms with E-state index in [0.717, 1.165) is 19.4 Å².